The fraction of sp³-hybridized carbons (Fsp3) is 0.241. The molecule has 1 saturated carbocycles. The average molecular weight is 517 g/mol. The number of hydrogen-bond acceptors (Lipinski definition) is 4. The Hall–Kier alpha value is -3.97. The zero-order valence-electron chi connectivity index (χ0n) is 20.9. The van der Waals surface area contributed by atoms with E-state index in [1.807, 2.05) is 90.7 Å². The molecule has 0 saturated heterocycles. The summed E-state index contributed by atoms with van der Waals surface area (Å²) in [6.07, 6.45) is 2.24. The van der Waals surface area contributed by atoms with E-state index in [1.54, 1.807) is 11.8 Å². The zero-order valence-corrected chi connectivity index (χ0v) is 21.6. The van der Waals surface area contributed by atoms with Crippen LogP contribution in [0.4, 0.5) is 10.5 Å². The van der Waals surface area contributed by atoms with Crippen LogP contribution in [0, 0.1) is 12.8 Å². The molecule has 1 aliphatic carbocycles. The first-order valence-corrected chi connectivity index (χ1v) is 12.7. The first-order valence-electron chi connectivity index (χ1n) is 12.3. The van der Waals surface area contributed by atoms with E-state index < -0.39 is 0 Å². The number of carbonyl (C=O) groups is 1. The summed E-state index contributed by atoms with van der Waals surface area (Å²) in [6, 6.07) is 24.2. The maximum absolute atomic E-state index is 13.5. The molecule has 2 amide bonds. The number of anilines is 1. The highest BCUT2D eigenvalue weighted by atomic mass is 35.5. The van der Waals surface area contributed by atoms with E-state index in [1.165, 1.54) is 0 Å². The van der Waals surface area contributed by atoms with Gasteiger partial charge in [-0.3, -0.25) is 0 Å². The lowest BCUT2D eigenvalue weighted by molar-refractivity contribution is 0.205. The van der Waals surface area contributed by atoms with Crippen molar-refractivity contribution in [3.05, 3.63) is 95.1 Å². The van der Waals surface area contributed by atoms with Crippen LogP contribution in [0.1, 0.15) is 24.1 Å². The van der Waals surface area contributed by atoms with Crippen LogP contribution in [0.15, 0.2) is 78.9 Å². The van der Waals surface area contributed by atoms with Crippen molar-refractivity contribution in [3.63, 3.8) is 0 Å². The van der Waals surface area contributed by atoms with Crippen molar-refractivity contribution >= 4 is 23.3 Å². The lowest BCUT2D eigenvalue weighted by atomic mass is 10.2. The Morgan fingerprint density at radius 3 is 2.57 bits per heavy atom. The quantitative estimate of drug-likeness (QED) is 0.258. The number of nitrogens with zero attached hydrogens (tertiary/aromatic N) is 3. The summed E-state index contributed by atoms with van der Waals surface area (Å²) in [5.74, 6) is 2.33. The van der Waals surface area contributed by atoms with Gasteiger partial charge in [-0.1, -0.05) is 48.0 Å². The zero-order chi connectivity index (χ0) is 25.8. The van der Waals surface area contributed by atoms with Crippen molar-refractivity contribution in [2.45, 2.75) is 26.3 Å². The summed E-state index contributed by atoms with van der Waals surface area (Å²) in [4.78, 5) is 15.4. The van der Waals surface area contributed by atoms with Gasteiger partial charge in [0.25, 0.3) is 0 Å². The molecular weight excluding hydrogens is 488 g/mol. The van der Waals surface area contributed by atoms with E-state index in [0.717, 1.165) is 29.8 Å². The number of hydrogen-bond donors (Lipinski definition) is 1. The van der Waals surface area contributed by atoms with Gasteiger partial charge in [0.2, 0.25) is 5.88 Å². The molecule has 0 atom stereocenters. The van der Waals surface area contributed by atoms with E-state index in [9.17, 15) is 4.79 Å². The molecule has 0 radical (unpaired) electrons. The Kier molecular flexibility index (Phi) is 7.32. The van der Waals surface area contributed by atoms with Crippen LogP contribution in [0.5, 0.6) is 17.4 Å². The Morgan fingerprint density at radius 1 is 1.08 bits per heavy atom. The summed E-state index contributed by atoms with van der Waals surface area (Å²) >= 11 is 6.29. The molecule has 1 aliphatic rings. The van der Waals surface area contributed by atoms with E-state index in [2.05, 4.69) is 5.32 Å². The van der Waals surface area contributed by atoms with Gasteiger partial charge >= 0.3 is 6.03 Å². The summed E-state index contributed by atoms with van der Waals surface area (Å²) in [7, 11) is 1.59. The van der Waals surface area contributed by atoms with Crippen molar-refractivity contribution in [2.24, 2.45) is 5.92 Å². The Bertz CT molecular complexity index is 1390. The van der Waals surface area contributed by atoms with Crippen LogP contribution >= 0.6 is 11.6 Å². The number of aromatic nitrogens is 2. The number of rotatable bonds is 9. The fourth-order valence-electron chi connectivity index (χ4n) is 4.17. The lowest BCUT2D eigenvalue weighted by Crippen LogP contribution is -2.36. The topological polar surface area (TPSA) is 68.6 Å². The highest BCUT2D eigenvalue weighted by Crippen LogP contribution is 2.35. The summed E-state index contributed by atoms with van der Waals surface area (Å²) in [5.41, 5.74) is 3.01. The van der Waals surface area contributed by atoms with Crippen molar-refractivity contribution in [1.82, 2.24) is 14.7 Å². The molecule has 7 nitrogen and oxygen atoms in total. The third-order valence-corrected chi connectivity index (χ3v) is 6.54. The normalized spacial score (nSPS) is 12.7. The molecule has 0 unspecified atom stereocenters. The maximum Gasteiger partial charge on any atom is 0.322 e. The Balaban J connectivity index is 1.50. The van der Waals surface area contributed by atoms with Crippen molar-refractivity contribution < 1.29 is 14.3 Å². The summed E-state index contributed by atoms with van der Waals surface area (Å²) in [5, 5.41) is 8.42. The van der Waals surface area contributed by atoms with Crippen molar-refractivity contribution in [1.29, 1.82) is 0 Å². The third kappa shape index (κ3) is 5.89. The molecule has 37 heavy (non-hydrogen) atoms. The maximum atomic E-state index is 13.5. The van der Waals surface area contributed by atoms with Crippen LogP contribution in [0.2, 0.25) is 5.02 Å². The number of methoxy groups -OCH3 is 1. The van der Waals surface area contributed by atoms with Crippen molar-refractivity contribution in [2.75, 3.05) is 19.0 Å². The number of aryl methyl sites for hydroxylation is 1. The Labute approximate surface area is 221 Å². The molecule has 1 heterocycles. The molecule has 3 aromatic carbocycles. The number of nitrogens with one attached hydrogen (secondary N) is 1. The van der Waals surface area contributed by atoms with Crippen LogP contribution in [0.3, 0.4) is 0 Å². The van der Waals surface area contributed by atoms with Gasteiger partial charge in [0.05, 0.1) is 36.3 Å². The first kappa shape index (κ1) is 24.7. The number of urea groups is 1. The van der Waals surface area contributed by atoms with Gasteiger partial charge in [0.15, 0.2) is 0 Å². The van der Waals surface area contributed by atoms with E-state index in [0.29, 0.717) is 47.1 Å². The lowest BCUT2D eigenvalue weighted by Gasteiger charge is -2.24. The molecule has 8 heteroatoms. The number of carbonyl (C=O) groups excluding carboxylic acids is 1. The molecule has 0 aliphatic heterocycles. The molecule has 1 N–H and O–H groups in total. The predicted octanol–water partition coefficient (Wildman–Crippen LogP) is 7.08. The standard InChI is InChI=1S/C29H29ClN4O3/c1-20-25(19-33(18-21-15-16-21)29(35)31-26-13-6-7-14-27(26)36-2)28(37-24-11-4-3-5-12-24)34(32-20)23-10-8-9-22(30)17-23/h3-14,17,21H,15-16,18-19H2,1-2H3,(H,31,35). The highest BCUT2D eigenvalue weighted by Gasteiger charge is 2.30. The number of ether oxygens (including phenoxy) is 2. The highest BCUT2D eigenvalue weighted by molar-refractivity contribution is 6.30. The number of amides is 2. The summed E-state index contributed by atoms with van der Waals surface area (Å²) in [6.45, 7) is 2.92. The van der Waals surface area contributed by atoms with Crippen LogP contribution in [0.25, 0.3) is 5.69 Å². The monoisotopic (exact) mass is 516 g/mol. The minimum atomic E-state index is -0.197. The largest absolute Gasteiger partial charge is 0.495 e. The van der Waals surface area contributed by atoms with Crippen LogP contribution in [-0.2, 0) is 6.54 Å². The van der Waals surface area contributed by atoms with Gasteiger partial charge in [-0.2, -0.15) is 5.10 Å². The number of halogens is 1. The molecule has 1 aromatic heterocycles. The average Bonchev–Trinajstić information content (AvgIpc) is 3.68. The minimum Gasteiger partial charge on any atom is -0.495 e. The first-order chi connectivity index (χ1) is 18.0. The molecule has 5 rings (SSSR count). The fourth-order valence-corrected chi connectivity index (χ4v) is 4.36. The smallest absolute Gasteiger partial charge is 0.322 e. The second-order valence-electron chi connectivity index (χ2n) is 9.13. The molecule has 190 valence electrons. The van der Waals surface area contributed by atoms with E-state index in [4.69, 9.17) is 26.2 Å². The Morgan fingerprint density at radius 2 is 1.84 bits per heavy atom. The van der Waals surface area contributed by atoms with Crippen molar-refractivity contribution in [3.8, 4) is 23.1 Å². The molecule has 0 bridgehead atoms. The van der Waals surface area contributed by atoms with Gasteiger partial charge in [0.1, 0.15) is 11.5 Å². The van der Waals surface area contributed by atoms with Gasteiger partial charge in [-0.05, 0) is 68.1 Å². The second kappa shape index (κ2) is 11.0. The van der Waals surface area contributed by atoms with Gasteiger partial charge in [-0.25, -0.2) is 9.48 Å². The molecule has 1 fully saturated rings. The molecule has 0 spiro atoms. The number of benzene rings is 3. The van der Waals surface area contributed by atoms with Crippen LogP contribution < -0.4 is 14.8 Å². The predicted molar refractivity (Wildman–Crippen MR) is 145 cm³/mol. The molecular formula is C29H29ClN4O3. The van der Waals surface area contributed by atoms with E-state index in [-0.39, 0.29) is 6.03 Å². The van der Waals surface area contributed by atoms with E-state index >= 15 is 0 Å². The molecule has 4 aromatic rings. The second-order valence-corrected chi connectivity index (χ2v) is 9.57. The summed E-state index contributed by atoms with van der Waals surface area (Å²) < 4.78 is 13.6. The van der Waals surface area contributed by atoms with Gasteiger partial charge in [0, 0.05) is 11.6 Å². The van der Waals surface area contributed by atoms with Gasteiger partial charge in [-0.15, -0.1) is 0 Å². The minimum absolute atomic E-state index is 0.197. The number of para-hydroxylation sites is 3. The van der Waals surface area contributed by atoms with Gasteiger partial charge < -0.3 is 19.7 Å². The third-order valence-electron chi connectivity index (χ3n) is 6.31. The SMILES string of the molecule is COc1ccccc1NC(=O)N(Cc1c(C)nn(-c2cccc(Cl)c2)c1Oc1ccccc1)CC1CC1. The van der Waals surface area contributed by atoms with Crippen LogP contribution in [-0.4, -0.2) is 34.4 Å².